The number of methoxy groups -OCH3 is 1. The summed E-state index contributed by atoms with van der Waals surface area (Å²) in [5.41, 5.74) is 10.8. The third-order valence-electron chi connectivity index (χ3n) is 4.07. The zero-order valence-electron chi connectivity index (χ0n) is 12.7. The van der Waals surface area contributed by atoms with Gasteiger partial charge in [-0.1, -0.05) is 0 Å². The van der Waals surface area contributed by atoms with Gasteiger partial charge >= 0.3 is 5.97 Å². The van der Waals surface area contributed by atoms with Crippen LogP contribution in [0.4, 0.5) is 5.69 Å². The van der Waals surface area contributed by atoms with Crippen LogP contribution in [-0.4, -0.2) is 18.7 Å². The smallest absolute Gasteiger partial charge is 0.330 e. The maximum atomic E-state index is 11.2. The van der Waals surface area contributed by atoms with Crippen LogP contribution in [-0.2, 0) is 16.0 Å². The number of rotatable bonds is 2. The molecule has 20 heavy (non-hydrogen) atoms. The molecule has 1 aromatic rings. The second kappa shape index (κ2) is 4.85. The summed E-state index contributed by atoms with van der Waals surface area (Å²) in [7, 11) is 1.36. The summed E-state index contributed by atoms with van der Waals surface area (Å²) >= 11 is 0. The molecule has 4 nitrogen and oxygen atoms in total. The summed E-state index contributed by atoms with van der Waals surface area (Å²) in [6.07, 6.45) is 3.86. The van der Waals surface area contributed by atoms with Gasteiger partial charge in [0.15, 0.2) is 0 Å². The Kier molecular flexibility index (Phi) is 3.50. The van der Waals surface area contributed by atoms with Crippen molar-refractivity contribution in [1.82, 2.24) is 0 Å². The zero-order valence-corrected chi connectivity index (χ0v) is 12.7. The van der Waals surface area contributed by atoms with Crippen molar-refractivity contribution in [3.63, 3.8) is 0 Å². The Morgan fingerprint density at radius 3 is 2.55 bits per heavy atom. The van der Waals surface area contributed by atoms with E-state index in [9.17, 15) is 4.79 Å². The fourth-order valence-electron chi connectivity index (χ4n) is 2.59. The minimum Gasteiger partial charge on any atom is -0.483 e. The highest BCUT2D eigenvalue weighted by molar-refractivity contribution is 5.82. The van der Waals surface area contributed by atoms with Gasteiger partial charge in [0, 0.05) is 23.7 Å². The second-order valence-corrected chi connectivity index (χ2v) is 5.54. The summed E-state index contributed by atoms with van der Waals surface area (Å²) in [5.74, 6) is 0.515. The van der Waals surface area contributed by atoms with Gasteiger partial charge in [0.25, 0.3) is 0 Å². The van der Waals surface area contributed by atoms with E-state index in [2.05, 4.69) is 4.74 Å². The Bertz CT molecular complexity index is 565. The molecule has 1 aliphatic heterocycles. The van der Waals surface area contributed by atoms with Crippen LogP contribution in [0, 0.1) is 20.8 Å². The Hall–Kier alpha value is -1.97. The SMILES string of the molecule is COC(=O)C=CC1(C)Cc2c(C)c(N)c(C)c(C)c2O1. The predicted octanol–water partition coefficient (Wildman–Crippen LogP) is 2.62. The number of benzene rings is 1. The minimum atomic E-state index is -0.535. The van der Waals surface area contributed by atoms with Gasteiger partial charge < -0.3 is 15.2 Å². The van der Waals surface area contributed by atoms with Crippen molar-refractivity contribution in [2.24, 2.45) is 0 Å². The molecule has 0 bridgehead atoms. The van der Waals surface area contributed by atoms with Gasteiger partial charge in [0.05, 0.1) is 7.11 Å². The number of carbonyl (C=O) groups excluding carboxylic acids is 1. The molecule has 0 saturated heterocycles. The standard InChI is InChI=1S/C16H21NO3/c1-9-10(2)15-12(11(3)14(9)17)8-16(4,20-15)7-6-13(18)19-5/h6-7H,8,17H2,1-5H3. The molecule has 0 spiro atoms. The van der Waals surface area contributed by atoms with E-state index in [1.165, 1.54) is 13.2 Å². The molecule has 0 aromatic heterocycles. The number of esters is 1. The van der Waals surface area contributed by atoms with Crippen molar-refractivity contribution in [3.8, 4) is 5.75 Å². The first-order valence-electron chi connectivity index (χ1n) is 6.63. The Labute approximate surface area is 119 Å². The van der Waals surface area contributed by atoms with Crippen LogP contribution >= 0.6 is 0 Å². The first-order chi connectivity index (χ1) is 9.29. The molecule has 1 aromatic carbocycles. The van der Waals surface area contributed by atoms with E-state index >= 15 is 0 Å². The monoisotopic (exact) mass is 275 g/mol. The van der Waals surface area contributed by atoms with E-state index in [1.807, 2.05) is 27.7 Å². The molecule has 2 rings (SSSR count). The predicted molar refractivity (Wildman–Crippen MR) is 79.0 cm³/mol. The van der Waals surface area contributed by atoms with Gasteiger partial charge in [-0.05, 0) is 50.5 Å². The number of carbonyl (C=O) groups is 1. The van der Waals surface area contributed by atoms with Crippen LogP contribution in [0.15, 0.2) is 12.2 Å². The highest BCUT2D eigenvalue weighted by atomic mass is 16.5. The van der Waals surface area contributed by atoms with Crippen molar-refractivity contribution >= 4 is 11.7 Å². The van der Waals surface area contributed by atoms with Crippen LogP contribution in [0.3, 0.4) is 0 Å². The number of hydrogen-bond donors (Lipinski definition) is 1. The molecule has 2 N–H and O–H groups in total. The molecule has 0 aliphatic carbocycles. The lowest BCUT2D eigenvalue weighted by Crippen LogP contribution is -2.27. The van der Waals surface area contributed by atoms with Crippen molar-refractivity contribution in [1.29, 1.82) is 0 Å². The number of ether oxygens (including phenoxy) is 2. The van der Waals surface area contributed by atoms with E-state index in [4.69, 9.17) is 10.5 Å². The maximum absolute atomic E-state index is 11.2. The van der Waals surface area contributed by atoms with Crippen molar-refractivity contribution in [2.75, 3.05) is 12.8 Å². The Balaban J connectivity index is 2.41. The van der Waals surface area contributed by atoms with Crippen LogP contribution in [0.2, 0.25) is 0 Å². The first kappa shape index (κ1) is 14.4. The molecule has 0 saturated carbocycles. The largest absolute Gasteiger partial charge is 0.483 e. The quantitative estimate of drug-likeness (QED) is 0.512. The summed E-state index contributed by atoms with van der Waals surface area (Å²) in [6, 6.07) is 0. The molecule has 0 fully saturated rings. The van der Waals surface area contributed by atoms with Crippen molar-refractivity contribution in [2.45, 2.75) is 39.7 Å². The van der Waals surface area contributed by atoms with E-state index in [1.54, 1.807) is 6.08 Å². The summed E-state index contributed by atoms with van der Waals surface area (Å²) < 4.78 is 10.7. The van der Waals surface area contributed by atoms with Gasteiger partial charge in [-0.2, -0.15) is 0 Å². The van der Waals surface area contributed by atoms with E-state index < -0.39 is 5.60 Å². The molecule has 1 aliphatic rings. The van der Waals surface area contributed by atoms with Crippen LogP contribution < -0.4 is 10.5 Å². The number of nitrogen functional groups attached to an aromatic ring is 1. The van der Waals surface area contributed by atoms with Gasteiger partial charge in [-0.25, -0.2) is 4.79 Å². The van der Waals surface area contributed by atoms with Crippen LogP contribution in [0.25, 0.3) is 0 Å². The first-order valence-corrected chi connectivity index (χ1v) is 6.63. The minimum absolute atomic E-state index is 0.380. The molecule has 0 amide bonds. The third-order valence-corrected chi connectivity index (χ3v) is 4.07. The fourth-order valence-corrected chi connectivity index (χ4v) is 2.59. The Morgan fingerprint density at radius 2 is 1.95 bits per heavy atom. The molecule has 108 valence electrons. The molecule has 1 atom stereocenters. The topological polar surface area (TPSA) is 61.5 Å². The zero-order chi connectivity index (χ0) is 15.1. The molecule has 1 heterocycles. The maximum Gasteiger partial charge on any atom is 0.330 e. The van der Waals surface area contributed by atoms with Crippen LogP contribution in [0.1, 0.15) is 29.2 Å². The summed E-state index contributed by atoms with van der Waals surface area (Å²) in [5, 5.41) is 0. The molecular formula is C16H21NO3. The lowest BCUT2D eigenvalue weighted by atomic mass is 9.92. The molecular weight excluding hydrogens is 254 g/mol. The average Bonchev–Trinajstić information content (AvgIpc) is 2.79. The number of hydrogen-bond acceptors (Lipinski definition) is 4. The van der Waals surface area contributed by atoms with E-state index in [0.29, 0.717) is 6.42 Å². The number of fused-ring (bicyclic) bond motifs is 1. The summed E-state index contributed by atoms with van der Waals surface area (Å²) in [4.78, 5) is 11.2. The fraction of sp³-hybridized carbons (Fsp3) is 0.438. The lowest BCUT2D eigenvalue weighted by Gasteiger charge is -2.20. The van der Waals surface area contributed by atoms with Crippen molar-refractivity contribution in [3.05, 3.63) is 34.4 Å². The van der Waals surface area contributed by atoms with Gasteiger partial charge in [0.1, 0.15) is 11.4 Å². The van der Waals surface area contributed by atoms with E-state index in [0.717, 1.165) is 33.7 Å². The van der Waals surface area contributed by atoms with Crippen molar-refractivity contribution < 1.29 is 14.3 Å². The lowest BCUT2D eigenvalue weighted by molar-refractivity contribution is -0.134. The molecule has 1 unspecified atom stereocenters. The molecule has 4 heteroatoms. The summed E-state index contributed by atoms with van der Waals surface area (Å²) in [6.45, 7) is 7.98. The highest BCUT2D eigenvalue weighted by Gasteiger charge is 2.36. The third kappa shape index (κ3) is 2.26. The van der Waals surface area contributed by atoms with Crippen LogP contribution in [0.5, 0.6) is 5.75 Å². The highest BCUT2D eigenvalue weighted by Crippen LogP contribution is 2.44. The normalized spacial score (nSPS) is 20.9. The van der Waals surface area contributed by atoms with E-state index in [-0.39, 0.29) is 5.97 Å². The van der Waals surface area contributed by atoms with Gasteiger partial charge in [-0.3, -0.25) is 0 Å². The molecule has 0 radical (unpaired) electrons. The number of nitrogens with two attached hydrogens (primary N) is 1. The second-order valence-electron chi connectivity index (χ2n) is 5.54. The average molecular weight is 275 g/mol. The van der Waals surface area contributed by atoms with Gasteiger partial charge in [0.2, 0.25) is 0 Å². The Morgan fingerprint density at radius 1 is 1.30 bits per heavy atom. The number of anilines is 1. The van der Waals surface area contributed by atoms with Gasteiger partial charge in [-0.15, -0.1) is 0 Å².